The number of nitrogens with two attached hydrogens (primary N) is 1. The first kappa shape index (κ1) is 21.1. The Hall–Kier alpha value is -3.12. The van der Waals surface area contributed by atoms with Gasteiger partial charge in [-0.05, 0) is 49.0 Å². The van der Waals surface area contributed by atoms with Gasteiger partial charge in [0.05, 0.1) is 0 Å². The smallest absolute Gasteiger partial charge is 0.240 e. The van der Waals surface area contributed by atoms with Gasteiger partial charge in [-0.25, -0.2) is 0 Å². The summed E-state index contributed by atoms with van der Waals surface area (Å²) in [4.78, 5) is 30.2. The van der Waals surface area contributed by atoms with Gasteiger partial charge in [0.15, 0.2) is 0 Å². The van der Waals surface area contributed by atoms with Gasteiger partial charge in [-0.1, -0.05) is 48.5 Å². The predicted octanol–water partition coefficient (Wildman–Crippen LogP) is 2.98. The molecule has 0 spiro atoms. The number of amides is 2. The zero-order valence-corrected chi connectivity index (χ0v) is 17.7. The Labute approximate surface area is 182 Å². The van der Waals surface area contributed by atoms with E-state index in [0.29, 0.717) is 18.8 Å². The number of para-hydroxylation sites is 1. The normalized spacial score (nSPS) is 16.3. The van der Waals surface area contributed by atoms with E-state index in [0.717, 1.165) is 38.0 Å². The van der Waals surface area contributed by atoms with Crippen LogP contribution in [-0.2, 0) is 22.6 Å². The molecule has 1 atom stereocenters. The average Bonchev–Trinajstić information content (AvgIpc) is 3.18. The third-order valence-corrected chi connectivity index (χ3v) is 6.21. The average molecular weight is 419 g/mol. The van der Waals surface area contributed by atoms with E-state index in [2.05, 4.69) is 39.6 Å². The number of hydrogen-bond acceptors (Lipinski definition) is 3. The molecule has 2 aromatic carbocycles. The lowest BCUT2D eigenvalue weighted by Gasteiger charge is -2.31. The molecule has 0 radical (unpaired) electrons. The molecule has 1 fully saturated rings. The molecule has 0 bridgehead atoms. The fourth-order valence-corrected chi connectivity index (χ4v) is 4.44. The molecule has 0 aliphatic carbocycles. The molecular formula is C25H30N4O2. The van der Waals surface area contributed by atoms with E-state index in [9.17, 15) is 9.59 Å². The van der Waals surface area contributed by atoms with Gasteiger partial charge in [-0.15, -0.1) is 0 Å². The molecule has 2 amide bonds. The van der Waals surface area contributed by atoms with Gasteiger partial charge in [0.1, 0.15) is 6.04 Å². The van der Waals surface area contributed by atoms with Gasteiger partial charge in [0, 0.05) is 36.5 Å². The number of H-pyrrole nitrogens is 1. The van der Waals surface area contributed by atoms with E-state index >= 15 is 0 Å². The molecule has 0 saturated carbocycles. The van der Waals surface area contributed by atoms with Crippen molar-refractivity contribution in [2.75, 3.05) is 13.1 Å². The second kappa shape index (κ2) is 9.79. The molecule has 1 aliphatic heterocycles. The van der Waals surface area contributed by atoms with Crippen molar-refractivity contribution in [2.24, 2.45) is 11.7 Å². The third kappa shape index (κ3) is 5.52. The molecule has 31 heavy (non-hydrogen) atoms. The van der Waals surface area contributed by atoms with Gasteiger partial charge in [-0.2, -0.15) is 0 Å². The second-order valence-electron chi connectivity index (χ2n) is 8.50. The predicted molar refractivity (Wildman–Crippen MR) is 122 cm³/mol. The van der Waals surface area contributed by atoms with Crippen LogP contribution in [0.3, 0.4) is 0 Å². The van der Waals surface area contributed by atoms with Gasteiger partial charge in [-0.3, -0.25) is 14.5 Å². The van der Waals surface area contributed by atoms with Crippen molar-refractivity contribution >= 4 is 22.7 Å². The summed E-state index contributed by atoms with van der Waals surface area (Å²) in [5.41, 5.74) is 9.00. The maximum atomic E-state index is 12.6. The summed E-state index contributed by atoms with van der Waals surface area (Å²) in [5, 5.41) is 4.13. The summed E-state index contributed by atoms with van der Waals surface area (Å²) >= 11 is 0. The van der Waals surface area contributed by atoms with E-state index < -0.39 is 11.9 Å². The number of hydrogen-bond donors (Lipinski definition) is 3. The van der Waals surface area contributed by atoms with Gasteiger partial charge >= 0.3 is 0 Å². The molecule has 3 aromatic rings. The zero-order chi connectivity index (χ0) is 21.6. The molecule has 6 nitrogen and oxygen atoms in total. The lowest BCUT2D eigenvalue weighted by atomic mass is 9.92. The molecular weight excluding hydrogens is 388 g/mol. The maximum Gasteiger partial charge on any atom is 0.240 e. The number of nitrogens with one attached hydrogen (secondary N) is 2. The molecule has 162 valence electrons. The van der Waals surface area contributed by atoms with Crippen LogP contribution >= 0.6 is 0 Å². The number of fused-ring (bicyclic) bond motifs is 1. The molecule has 1 aromatic heterocycles. The van der Waals surface area contributed by atoms with Crippen LogP contribution in [0.4, 0.5) is 0 Å². The number of nitrogens with zero attached hydrogens (tertiary/aromatic N) is 1. The first-order valence-electron chi connectivity index (χ1n) is 11.0. The number of carbonyl (C=O) groups is 2. The highest BCUT2D eigenvalue weighted by Crippen LogP contribution is 2.24. The summed E-state index contributed by atoms with van der Waals surface area (Å²) in [6.45, 7) is 2.87. The van der Waals surface area contributed by atoms with Crippen LogP contribution in [0, 0.1) is 5.92 Å². The molecule has 4 rings (SSSR count). The second-order valence-corrected chi connectivity index (χ2v) is 8.50. The molecule has 1 saturated heterocycles. The number of benzene rings is 2. The van der Waals surface area contributed by atoms with Crippen LogP contribution in [0.15, 0.2) is 60.8 Å². The van der Waals surface area contributed by atoms with Crippen molar-refractivity contribution in [3.05, 3.63) is 71.9 Å². The molecule has 4 N–H and O–H groups in total. The number of aromatic amines is 1. The molecule has 6 heteroatoms. The Kier molecular flexibility index (Phi) is 6.67. The van der Waals surface area contributed by atoms with E-state index in [1.165, 1.54) is 16.5 Å². The molecule has 2 heterocycles. The lowest BCUT2D eigenvalue weighted by Crippen LogP contribution is -2.46. The summed E-state index contributed by atoms with van der Waals surface area (Å²) in [7, 11) is 0. The number of carbonyl (C=O) groups excluding carboxylic acids is 2. The summed E-state index contributed by atoms with van der Waals surface area (Å²) < 4.78 is 0. The number of piperidine rings is 1. The van der Waals surface area contributed by atoms with Gasteiger partial charge < -0.3 is 16.0 Å². The SMILES string of the molecule is NC(=O)[C@H](Cc1ccccc1)NC(=O)CC1CCN(Cc2c[nH]c3ccccc23)CC1. The van der Waals surface area contributed by atoms with Crippen LogP contribution in [0.25, 0.3) is 10.9 Å². The minimum atomic E-state index is -0.670. The highest BCUT2D eigenvalue weighted by atomic mass is 16.2. The fourth-order valence-electron chi connectivity index (χ4n) is 4.44. The van der Waals surface area contributed by atoms with Crippen molar-refractivity contribution in [1.29, 1.82) is 0 Å². The maximum absolute atomic E-state index is 12.6. The van der Waals surface area contributed by atoms with Crippen molar-refractivity contribution in [3.63, 3.8) is 0 Å². The summed E-state index contributed by atoms with van der Waals surface area (Å²) in [5.74, 6) is -0.245. The monoisotopic (exact) mass is 418 g/mol. The van der Waals surface area contributed by atoms with Crippen molar-refractivity contribution in [2.45, 2.75) is 38.3 Å². The highest BCUT2D eigenvalue weighted by molar-refractivity contribution is 5.87. The topological polar surface area (TPSA) is 91.2 Å². The number of primary amides is 1. The van der Waals surface area contributed by atoms with Crippen molar-refractivity contribution in [3.8, 4) is 0 Å². The Balaban J connectivity index is 1.25. The first-order chi connectivity index (χ1) is 15.1. The number of aromatic nitrogens is 1. The Bertz CT molecular complexity index is 1020. The number of rotatable bonds is 8. The minimum absolute atomic E-state index is 0.0881. The van der Waals surface area contributed by atoms with Gasteiger partial charge in [0.2, 0.25) is 11.8 Å². The number of likely N-dealkylation sites (tertiary alicyclic amines) is 1. The molecule has 1 aliphatic rings. The van der Waals surface area contributed by atoms with E-state index in [1.807, 2.05) is 36.4 Å². The quantitative estimate of drug-likeness (QED) is 0.525. The van der Waals surface area contributed by atoms with Crippen LogP contribution in [0.1, 0.15) is 30.4 Å². The Morgan fingerprint density at radius 1 is 1.06 bits per heavy atom. The van der Waals surface area contributed by atoms with Gasteiger partial charge in [0.25, 0.3) is 0 Å². The summed E-state index contributed by atoms with van der Waals surface area (Å²) in [6.07, 6.45) is 4.93. The van der Waals surface area contributed by atoms with Crippen molar-refractivity contribution in [1.82, 2.24) is 15.2 Å². The Morgan fingerprint density at radius 3 is 2.52 bits per heavy atom. The summed E-state index contributed by atoms with van der Waals surface area (Å²) in [6, 6.07) is 17.3. The Morgan fingerprint density at radius 2 is 1.77 bits per heavy atom. The van der Waals surface area contributed by atoms with Crippen LogP contribution in [-0.4, -0.2) is 40.8 Å². The van der Waals surface area contributed by atoms with Crippen LogP contribution < -0.4 is 11.1 Å². The zero-order valence-electron chi connectivity index (χ0n) is 17.7. The first-order valence-corrected chi connectivity index (χ1v) is 11.0. The van der Waals surface area contributed by atoms with Crippen LogP contribution in [0.2, 0.25) is 0 Å². The van der Waals surface area contributed by atoms with Crippen LogP contribution in [0.5, 0.6) is 0 Å². The standard InChI is InChI=1S/C25H30N4O2/c26-25(31)23(14-18-6-2-1-3-7-18)28-24(30)15-19-10-12-29(13-11-19)17-20-16-27-22-9-5-4-8-21(20)22/h1-9,16,19,23,27H,10-15,17H2,(H2,26,31)(H,28,30)/t23-/m0/s1. The highest BCUT2D eigenvalue weighted by Gasteiger charge is 2.24. The lowest BCUT2D eigenvalue weighted by molar-refractivity contribution is -0.128. The third-order valence-electron chi connectivity index (χ3n) is 6.21. The minimum Gasteiger partial charge on any atom is -0.368 e. The van der Waals surface area contributed by atoms with Crippen molar-refractivity contribution < 1.29 is 9.59 Å². The molecule has 0 unspecified atom stereocenters. The largest absolute Gasteiger partial charge is 0.368 e. The van der Waals surface area contributed by atoms with E-state index in [4.69, 9.17) is 5.73 Å². The van der Waals surface area contributed by atoms with E-state index in [-0.39, 0.29) is 5.91 Å². The fraction of sp³-hybridized carbons (Fsp3) is 0.360. The van der Waals surface area contributed by atoms with E-state index in [1.54, 1.807) is 0 Å².